The highest BCUT2D eigenvalue weighted by molar-refractivity contribution is 5.95. The molecule has 4 nitrogen and oxygen atoms in total. The van der Waals surface area contributed by atoms with Crippen molar-refractivity contribution in [3.8, 4) is 28.2 Å². The lowest BCUT2D eigenvalue weighted by Crippen LogP contribution is -2.00. The molecule has 35 heavy (non-hydrogen) atoms. The SMILES string of the molecule is COC(=O)c1cccc(N=Cc2cc(-c3ccccc3)n(-c3ccccc3)c2-c2ccccc2)c1. The van der Waals surface area contributed by atoms with E-state index in [4.69, 9.17) is 9.73 Å². The van der Waals surface area contributed by atoms with Crippen LogP contribution in [0.5, 0.6) is 0 Å². The first-order valence-corrected chi connectivity index (χ1v) is 11.4. The van der Waals surface area contributed by atoms with Crippen LogP contribution in [0.2, 0.25) is 0 Å². The minimum atomic E-state index is -0.381. The van der Waals surface area contributed by atoms with E-state index in [0.717, 1.165) is 33.8 Å². The average molecular weight is 457 g/mol. The number of nitrogens with zero attached hydrogens (tertiary/aromatic N) is 2. The smallest absolute Gasteiger partial charge is 0.337 e. The second-order valence-electron chi connectivity index (χ2n) is 8.04. The van der Waals surface area contributed by atoms with E-state index < -0.39 is 0 Å². The van der Waals surface area contributed by atoms with Gasteiger partial charge in [-0.1, -0.05) is 84.9 Å². The maximum absolute atomic E-state index is 12.0. The number of hydrogen-bond donors (Lipinski definition) is 0. The second-order valence-corrected chi connectivity index (χ2v) is 8.04. The number of methoxy groups -OCH3 is 1. The van der Waals surface area contributed by atoms with Gasteiger partial charge in [-0.3, -0.25) is 4.99 Å². The Morgan fingerprint density at radius 1 is 0.743 bits per heavy atom. The number of para-hydroxylation sites is 1. The van der Waals surface area contributed by atoms with Crippen LogP contribution < -0.4 is 0 Å². The monoisotopic (exact) mass is 456 g/mol. The van der Waals surface area contributed by atoms with Gasteiger partial charge in [0.05, 0.1) is 29.7 Å². The van der Waals surface area contributed by atoms with Gasteiger partial charge in [0.25, 0.3) is 0 Å². The first kappa shape index (κ1) is 22.1. The standard InChI is InChI=1S/C31H24N2O2/c1-35-31(34)25-16-11-17-27(20-25)32-22-26-21-29(23-12-5-2-6-13-23)33(28-18-9-4-10-19-28)30(26)24-14-7-3-8-15-24/h2-22H,1H3. The lowest BCUT2D eigenvalue weighted by molar-refractivity contribution is 0.0601. The molecule has 5 aromatic rings. The Morgan fingerprint density at radius 3 is 2.03 bits per heavy atom. The van der Waals surface area contributed by atoms with Gasteiger partial charge in [0.1, 0.15) is 0 Å². The quantitative estimate of drug-likeness (QED) is 0.198. The van der Waals surface area contributed by atoms with E-state index in [1.807, 2.05) is 72.9 Å². The third-order valence-electron chi connectivity index (χ3n) is 5.78. The van der Waals surface area contributed by atoms with Crippen molar-refractivity contribution in [2.24, 2.45) is 4.99 Å². The van der Waals surface area contributed by atoms with Crippen molar-refractivity contribution < 1.29 is 9.53 Å². The summed E-state index contributed by atoms with van der Waals surface area (Å²) in [5, 5.41) is 0. The van der Waals surface area contributed by atoms with Crippen molar-refractivity contribution in [3.05, 3.63) is 132 Å². The zero-order chi connectivity index (χ0) is 24.0. The molecular formula is C31H24N2O2. The molecule has 0 aliphatic carbocycles. The van der Waals surface area contributed by atoms with Crippen LogP contribution in [0.3, 0.4) is 0 Å². The fraction of sp³-hybridized carbons (Fsp3) is 0.0323. The topological polar surface area (TPSA) is 43.6 Å². The van der Waals surface area contributed by atoms with Crippen molar-refractivity contribution in [2.75, 3.05) is 7.11 Å². The molecule has 1 heterocycles. The summed E-state index contributed by atoms with van der Waals surface area (Å²) in [5.74, 6) is -0.381. The van der Waals surface area contributed by atoms with Crippen LogP contribution >= 0.6 is 0 Å². The number of benzene rings is 4. The van der Waals surface area contributed by atoms with Crippen LogP contribution in [0, 0.1) is 0 Å². The molecule has 0 amide bonds. The Hall–Kier alpha value is -4.70. The van der Waals surface area contributed by atoms with Crippen LogP contribution in [0.25, 0.3) is 28.2 Å². The highest BCUT2D eigenvalue weighted by atomic mass is 16.5. The van der Waals surface area contributed by atoms with E-state index in [2.05, 4.69) is 47.0 Å². The molecule has 4 heteroatoms. The highest BCUT2D eigenvalue weighted by Crippen LogP contribution is 2.35. The summed E-state index contributed by atoms with van der Waals surface area (Å²) in [7, 11) is 1.38. The van der Waals surface area contributed by atoms with E-state index in [1.54, 1.807) is 12.1 Å². The Labute approximate surface area is 204 Å². The van der Waals surface area contributed by atoms with Crippen molar-refractivity contribution >= 4 is 17.9 Å². The molecule has 0 atom stereocenters. The van der Waals surface area contributed by atoms with Crippen LogP contribution in [0.1, 0.15) is 15.9 Å². The van der Waals surface area contributed by atoms with Crippen molar-refractivity contribution in [1.29, 1.82) is 0 Å². The van der Waals surface area contributed by atoms with Crippen LogP contribution in [0.4, 0.5) is 5.69 Å². The van der Waals surface area contributed by atoms with Gasteiger partial charge in [0, 0.05) is 17.5 Å². The first-order valence-electron chi connectivity index (χ1n) is 11.4. The molecule has 0 aliphatic rings. The summed E-state index contributed by atoms with van der Waals surface area (Å²) in [5.41, 5.74) is 7.51. The number of carbonyl (C=O) groups excluding carboxylic acids is 1. The maximum Gasteiger partial charge on any atom is 0.337 e. The molecule has 0 bridgehead atoms. The Kier molecular flexibility index (Phi) is 6.35. The molecule has 0 aliphatic heterocycles. The number of rotatable bonds is 6. The lowest BCUT2D eigenvalue weighted by atomic mass is 10.1. The molecule has 0 N–H and O–H groups in total. The van der Waals surface area contributed by atoms with Gasteiger partial charge in [0.15, 0.2) is 0 Å². The van der Waals surface area contributed by atoms with Gasteiger partial charge in [-0.2, -0.15) is 0 Å². The third-order valence-corrected chi connectivity index (χ3v) is 5.78. The van der Waals surface area contributed by atoms with Gasteiger partial charge in [-0.25, -0.2) is 4.79 Å². The summed E-state index contributed by atoms with van der Waals surface area (Å²) in [6.45, 7) is 0. The molecule has 0 spiro atoms. The molecule has 170 valence electrons. The van der Waals surface area contributed by atoms with E-state index in [-0.39, 0.29) is 5.97 Å². The maximum atomic E-state index is 12.0. The highest BCUT2D eigenvalue weighted by Gasteiger charge is 2.18. The molecule has 0 saturated heterocycles. The minimum Gasteiger partial charge on any atom is -0.465 e. The Bertz CT molecular complexity index is 1470. The second kappa shape index (κ2) is 10.1. The zero-order valence-electron chi connectivity index (χ0n) is 19.3. The normalized spacial score (nSPS) is 11.0. The van der Waals surface area contributed by atoms with E-state index in [0.29, 0.717) is 11.3 Å². The molecule has 4 aromatic carbocycles. The number of esters is 1. The largest absolute Gasteiger partial charge is 0.465 e. The molecule has 1 aromatic heterocycles. The summed E-state index contributed by atoms with van der Waals surface area (Å²) in [6.07, 6.45) is 1.87. The fourth-order valence-electron chi connectivity index (χ4n) is 4.16. The van der Waals surface area contributed by atoms with Gasteiger partial charge in [-0.15, -0.1) is 0 Å². The van der Waals surface area contributed by atoms with Crippen molar-refractivity contribution in [1.82, 2.24) is 4.57 Å². The first-order chi connectivity index (χ1) is 17.2. The minimum absolute atomic E-state index is 0.381. The van der Waals surface area contributed by atoms with Gasteiger partial charge in [0.2, 0.25) is 0 Å². The molecule has 0 saturated carbocycles. The third kappa shape index (κ3) is 4.68. The molecule has 0 radical (unpaired) electrons. The van der Waals surface area contributed by atoms with E-state index in [1.165, 1.54) is 7.11 Å². The predicted octanol–water partition coefficient (Wildman–Crippen LogP) is 7.35. The number of aromatic nitrogens is 1. The number of aliphatic imine (C=N–C) groups is 1. The molecule has 0 unspecified atom stereocenters. The van der Waals surface area contributed by atoms with Crippen molar-refractivity contribution in [3.63, 3.8) is 0 Å². The number of carbonyl (C=O) groups is 1. The summed E-state index contributed by atoms with van der Waals surface area (Å²) >= 11 is 0. The molecular weight excluding hydrogens is 432 g/mol. The van der Waals surface area contributed by atoms with Gasteiger partial charge in [-0.05, 0) is 47.5 Å². The predicted molar refractivity (Wildman–Crippen MR) is 142 cm³/mol. The zero-order valence-corrected chi connectivity index (χ0v) is 19.3. The molecule has 5 rings (SSSR count). The number of ether oxygens (including phenoxy) is 1. The van der Waals surface area contributed by atoms with Crippen molar-refractivity contribution in [2.45, 2.75) is 0 Å². The van der Waals surface area contributed by atoms with E-state index in [9.17, 15) is 4.79 Å². The summed E-state index contributed by atoms with van der Waals surface area (Å²) in [6, 6.07) is 40.3. The Morgan fingerprint density at radius 2 is 1.37 bits per heavy atom. The van der Waals surface area contributed by atoms with Crippen LogP contribution in [0.15, 0.2) is 126 Å². The molecule has 0 fully saturated rings. The van der Waals surface area contributed by atoms with Crippen LogP contribution in [-0.2, 0) is 4.74 Å². The lowest BCUT2D eigenvalue weighted by Gasteiger charge is -2.15. The number of hydrogen-bond acceptors (Lipinski definition) is 3. The average Bonchev–Trinajstić information content (AvgIpc) is 3.32. The van der Waals surface area contributed by atoms with Gasteiger partial charge >= 0.3 is 5.97 Å². The summed E-state index contributed by atoms with van der Waals surface area (Å²) < 4.78 is 7.13. The van der Waals surface area contributed by atoms with Crippen LogP contribution in [-0.4, -0.2) is 23.9 Å². The fourth-order valence-corrected chi connectivity index (χ4v) is 4.16. The summed E-state index contributed by atoms with van der Waals surface area (Å²) in [4.78, 5) is 16.7. The van der Waals surface area contributed by atoms with Gasteiger partial charge < -0.3 is 9.30 Å². The Balaban J connectivity index is 1.71. The van der Waals surface area contributed by atoms with E-state index >= 15 is 0 Å².